The van der Waals surface area contributed by atoms with E-state index in [0.29, 0.717) is 29.9 Å². The molecule has 3 aromatic rings. The molecule has 1 aliphatic carbocycles. The molecule has 1 amide bonds. The molecule has 0 atom stereocenters. The van der Waals surface area contributed by atoms with Gasteiger partial charge in [-0.3, -0.25) is 9.36 Å². The van der Waals surface area contributed by atoms with Gasteiger partial charge in [0.25, 0.3) is 5.91 Å². The lowest BCUT2D eigenvalue weighted by molar-refractivity contribution is 0.0946. The Morgan fingerprint density at radius 3 is 2.79 bits per heavy atom. The quantitative estimate of drug-likeness (QED) is 0.654. The van der Waals surface area contributed by atoms with Crippen molar-refractivity contribution in [1.82, 2.24) is 24.8 Å². The summed E-state index contributed by atoms with van der Waals surface area (Å²) in [5.41, 5.74) is 1.63. The number of anilines is 1. The van der Waals surface area contributed by atoms with E-state index in [9.17, 15) is 4.79 Å². The van der Waals surface area contributed by atoms with Gasteiger partial charge < -0.3 is 10.2 Å². The maximum absolute atomic E-state index is 12.6. The molecule has 1 aromatic carbocycles. The lowest BCUT2D eigenvalue weighted by Crippen LogP contribution is -2.29. The molecule has 0 bridgehead atoms. The zero-order valence-corrected chi connectivity index (χ0v) is 16.0. The number of nitrogens with zero attached hydrogens (tertiary/aromatic N) is 5. The number of rotatable bonds is 8. The van der Waals surface area contributed by atoms with Gasteiger partial charge in [0.05, 0.1) is 0 Å². The van der Waals surface area contributed by atoms with Crippen LogP contribution in [-0.4, -0.2) is 45.6 Å². The average Bonchev–Trinajstić information content (AvgIpc) is 3.41. The number of nitrogens with one attached hydrogen (secondary N) is 1. The Morgan fingerprint density at radius 1 is 1.25 bits per heavy atom. The molecule has 1 N–H and O–H groups in total. The van der Waals surface area contributed by atoms with Crippen LogP contribution in [0.4, 0.5) is 5.95 Å². The summed E-state index contributed by atoms with van der Waals surface area (Å²) < 4.78 is 1.79. The number of carbonyl (C=O) groups is 1. The third-order valence-corrected chi connectivity index (χ3v) is 4.87. The average molecular weight is 376 g/mol. The van der Waals surface area contributed by atoms with Crippen LogP contribution in [0, 0.1) is 5.92 Å². The van der Waals surface area contributed by atoms with Gasteiger partial charge in [-0.05, 0) is 30.7 Å². The Balaban J connectivity index is 1.54. The number of imidazole rings is 1. The summed E-state index contributed by atoms with van der Waals surface area (Å²) in [5, 5.41) is 2.98. The molecule has 4 rings (SSSR count). The lowest BCUT2D eigenvalue weighted by Gasteiger charge is -2.19. The SMILES string of the molecule is CN(CCc1ccccc1)c1nc(C(=O)NCC2CC2)cc(-n2ccnc2)n1. The van der Waals surface area contributed by atoms with Crippen molar-refractivity contribution >= 4 is 11.9 Å². The zero-order chi connectivity index (χ0) is 19.3. The van der Waals surface area contributed by atoms with Crippen molar-refractivity contribution in [2.45, 2.75) is 19.3 Å². The fourth-order valence-corrected chi connectivity index (χ4v) is 2.93. The van der Waals surface area contributed by atoms with Gasteiger partial charge >= 0.3 is 0 Å². The van der Waals surface area contributed by atoms with Crippen molar-refractivity contribution in [3.8, 4) is 5.82 Å². The third kappa shape index (κ3) is 4.54. The number of amides is 1. The highest BCUT2D eigenvalue weighted by atomic mass is 16.1. The predicted octanol–water partition coefficient (Wildman–Crippen LogP) is 2.48. The number of hydrogen-bond donors (Lipinski definition) is 1. The zero-order valence-electron chi connectivity index (χ0n) is 16.0. The Bertz CT molecular complexity index is 921. The first-order valence-corrected chi connectivity index (χ1v) is 9.60. The topological polar surface area (TPSA) is 75.9 Å². The highest BCUT2D eigenvalue weighted by Crippen LogP contribution is 2.27. The second kappa shape index (κ2) is 8.21. The van der Waals surface area contributed by atoms with E-state index in [2.05, 4.69) is 32.4 Å². The minimum Gasteiger partial charge on any atom is -0.350 e. The van der Waals surface area contributed by atoms with Crippen molar-refractivity contribution in [2.24, 2.45) is 5.92 Å². The molecule has 0 aliphatic heterocycles. The minimum atomic E-state index is -0.159. The monoisotopic (exact) mass is 376 g/mol. The van der Waals surface area contributed by atoms with Crippen LogP contribution < -0.4 is 10.2 Å². The summed E-state index contributed by atoms with van der Waals surface area (Å²) in [6.45, 7) is 1.46. The fourth-order valence-electron chi connectivity index (χ4n) is 2.93. The maximum atomic E-state index is 12.6. The summed E-state index contributed by atoms with van der Waals surface area (Å²) in [4.78, 5) is 27.8. The number of carbonyl (C=O) groups excluding carboxylic acids is 1. The minimum absolute atomic E-state index is 0.159. The standard InChI is InChI=1S/C21H24N6O/c1-26(11-9-16-5-3-2-4-6-16)21-24-18(20(28)23-14-17-7-8-17)13-19(25-21)27-12-10-22-15-27/h2-6,10,12-13,15,17H,7-9,11,14H2,1H3,(H,23,28). The van der Waals surface area contributed by atoms with E-state index in [4.69, 9.17) is 0 Å². The highest BCUT2D eigenvalue weighted by Gasteiger charge is 2.23. The Morgan fingerprint density at radius 2 is 2.07 bits per heavy atom. The number of hydrogen-bond acceptors (Lipinski definition) is 5. The van der Waals surface area contributed by atoms with Crippen molar-refractivity contribution < 1.29 is 4.79 Å². The molecule has 1 fully saturated rings. The Labute approximate surface area is 164 Å². The van der Waals surface area contributed by atoms with Crippen LogP contribution in [0.1, 0.15) is 28.9 Å². The molecule has 0 radical (unpaired) electrons. The fraction of sp³-hybridized carbons (Fsp3) is 0.333. The van der Waals surface area contributed by atoms with Crippen LogP contribution in [0.25, 0.3) is 5.82 Å². The second-order valence-electron chi connectivity index (χ2n) is 7.19. The smallest absolute Gasteiger partial charge is 0.270 e. The molecular weight excluding hydrogens is 352 g/mol. The molecule has 0 unspecified atom stereocenters. The van der Waals surface area contributed by atoms with Gasteiger partial charge in [-0.1, -0.05) is 30.3 Å². The van der Waals surface area contributed by atoms with Crippen molar-refractivity contribution in [3.05, 3.63) is 66.4 Å². The van der Waals surface area contributed by atoms with Gasteiger partial charge in [0, 0.05) is 38.6 Å². The van der Waals surface area contributed by atoms with E-state index in [1.54, 1.807) is 23.2 Å². The van der Waals surface area contributed by atoms with Gasteiger partial charge in [-0.25, -0.2) is 9.97 Å². The number of aromatic nitrogens is 4. The van der Waals surface area contributed by atoms with E-state index in [0.717, 1.165) is 13.0 Å². The molecule has 7 heteroatoms. The molecule has 7 nitrogen and oxygen atoms in total. The first-order chi connectivity index (χ1) is 13.7. The highest BCUT2D eigenvalue weighted by molar-refractivity contribution is 5.93. The van der Waals surface area contributed by atoms with Gasteiger partial charge in [-0.2, -0.15) is 4.98 Å². The first kappa shape index (κ1) is 18.2. The van der Waals surface area contributed by atoms with Crippen molar-refractivity contribution in [2.75, 3.05) is 25.0 Å². The maximum Gasteiger partial charge on any atom is 0.270 e. The summed E-state index contributed by atoms with van der Waals surface area (Å²) in [7, 11) is 1.95. The van der Waals surface area contributed by atoms with E-state index in [1.807, 2.05) is 36.3 Å². The summed E-state index contributed by atoms with van der Waals surface area (Å²) in [5.74, 6) is 1.62. The molecule has 144 valence electrons. The lowest BCUT2D eigenvalue weighted by atomic mass is 10.1. The molecule has 1 saturated carbocycles. The normalized spacial score (nSPS) is 13.3. The molecule has 0 spiro atoms. The predicted molar refractivity (Wildman–Crippen MR) is 108 cm³/mol. The van der Waals surface area contributed by atoms with Gasteiger partial charge in [0.1, 0.15) is 17.8 Å². The molecule has 2 heterocycles. The van der Waals surface area contributed by atoms with E-state index in [-0.39, 0.29) is 5.91 Å². The summed E-state index contributed by atoms with van der Waals surface area (Å²) >= 11 is 0. The molecule has 0 saturated heterocycles. The summed E-state index contributed by atoms with van der Waals surface area (Å²) in [6, 6.07) is 12.0. The van der Waals surface area contributed by atoms with Gasteiger partial charge in [-0.15, -0.1) is 0 Å². The Hall–Kier alpha value is -3.22. The number of likely N-dealkylation sites (N-methyl/N-ethyl adjacent to an activating group) is 1. The van der Waals surface area contributed by atoms with Crippen LogP contribution in [0.2, 0.25) is 0 Å². The van der Waals surface area contributed by atoms with Crippen LogP contribution in [0.3, 0.4) is 0 Å². The number of benzene rings is 1. The third-order valence-electron chi connectivity index (χ3n) is 4.87. The second-order valence-corrected chi connectivity index (χ2v) is 7.19. The largest absolute Gasteiger partial charge is 0.350 e. The van der Waals surface area contributed by atoms with Crippen LogP contribution in [0.15, 0.2) is 55.1 Å². The van der Waals surface area contributed by atoms with E-state index < -0.39 is 0 Å². The van der Waals surface area contributed by atoms with Gasteiger partial charge in [0.15, 0.2) is 0 Å². The van der Waals surface area contributed by atoms with E-state index >= 15 is 0 Å². The first-order valence-electron chi connectivity index (χ1n) is 9.60. The molecular formula is C21H24N6O. The summed E-state index contributed by atoms with van der Waals surface area (Å²) in [6.07, 6.45) is 8.42. The van der Waals surface area contributed by atoms with Gasteiger partial charge in [0.2, 0.25) is 5.95 Å². The molecule has 28 heavy (non-hydrogen) atoms. The molecule has 1 aliphatic rings. The van der Waals surface area contributed by atoms with Crippen molar-refractivity contribution in [3.63, 3.8) is 0 Å². The Kier molecular flexibility index (Phi) is 5.32. The van der Waals surface area contributed by atoms with Crippen LogP contribution >= 0.6 is 0 Å². The van der Waals surface area contributed by atoms with Crippen molar-refractivity contribution in [1.29, 1.82) is 0 Å². The molecule has 2 aromatic heterocycles. The van der Waals surface area contributed by atoms with Crippen LogP contribution in [0.5, 0.6) is 0 Å². The van der Waals surface area contributed by atoms with Crippen LogP contribution in [-0.2, 0) is 6.42 Å². The van der Waals surface area contributed by atoms with E-state index in [1.165, 1.54) is 18.4 Å².